The van der Waals surface area contributed by atoms with Gasteiger partial charge in [0.1, 0.15) is 23.0 Å². The summed E-state index contributed by atoms with van der Waals surface area (Å²) < 4.78 is 33.1. The van der Waals surface area contributed by atoms with E-state index in [-0.39, 0.29) is 0 Å². The Bertz CT molecular complexity index is 1480. The Morgan fingerprint density at radius 2 is 0.582 bits per heavy atom. The molecule has 4 aromatic rings. The standard InChI is InChI=1S/C48H70O5Si2/c1-9-17-29-49-45-25-21-41(33-37(45)13-5)54(42-22-26-46(38(14-6)34-42)50-30-18-10-2)53-55(43-23-27-47(39(15-7)35-43)51-31-19-11-3)44-24-28-48(40(16-8)36-44)52-32-20-12-4/h21-28,33-36,54-55H,9-20,29-32H2,1-8H3. The van der Waals surface area contributed by atoms with Crippen LogP contribution in [0, 0.1) is 0 Å². The second-order valence-corrected chi connectivity index (χ2v) is 19.9. The highest BCUT2D eigenvalue weighted by atomic mass is 28.4. The molecule has 4 aromatic carbocycles. The van der Waals surface area contributed by atoms with Crippen molar-refractivity contribution in [2.75, 3.05) is 26.4 Å². The molecule has 0 heterocycles. The van der Waals surface area contributed by atoms with Crippen molar-refractivity contribution in [3.05, 3.63) is 95.1 Å². The minimum absolute atomic E-state index is 0.740. The summed E-state index contributed by atoms with van der Waals surface area (Å²) in [5.41, 5.74) is 4.97. The molecule has 5 nitrogen and oxygen atoms in total. The zero-order valence-electron chi connectivity index (χ0n) is 35.4. The molecule has 4 rings (SSSR count). The fourth-order valence-electron chi connectivity index (χ4n) is 6.86. The molecule has 0 saturated heterocycles. The molecule has 0 aliphatic rings. The highest BCUT2D eigenvalue weighted by Gasteiger charge is 2.29. The maximum absolute atomic E-state index is 7.86. The molecule has 0 aromatic heterocycles. The van der Waals surface area contributed by atoms with Gasteiger partial charge in [-0.25, -0.2) is 0 Å². The molecule has 55 heavy (non-hydrogen) atoms. The Morgan fingerprint density at radius 1 is 0.345 bits per heavy atom. The first kappa shape index (κ1) is 44.2. The lowest BCUT2D eigenvalue weighted by Crippen LogP contribution is -2.56. The molecule has 0 aliphatic heterocycles. The lowest BCUT2D eigenvalue weighted by molar-refractivity contribution is 0.306. The van der Waals surface area contributed by atoms with Gasteiger partial charge in [-0.3, -0.25) is 0 Å². The summed E-state index contributed by atoms with van der Waals surface area (Å²) >= 11 is 0. The SMILES string of the molecule is CCCCOc1ccc([SiH](O[SiH](c2ccc(OCCCC)c(CC)c2)c2ccc(OCCCC)c(CC)c2)c2ccc(OCCCC)c(CC)c2)cc1CC. The van der Waals surface area contributed by atoms with Gasteiger partial charge in [-0.15, -0.1) is 0 Å². The van der Waals surface area contributed by atoms with E-state index in [9.17, 15) is 0 Å². The summed E-state index contributed by atoms with van der Waals surface area (Å²) in [6.07, 6.45) is 12.3. The minimum Gasteiger partial charge on any atom is -0.493 e. The van der Waals surface area contributed by atoms with Gasteiger partial charge in [-0.1, -0.05) is 130 Å². The van der Waals surface area contributed by atoms with Crippen LogP contribution in [-0.2, 0) is 29.8 Å². The molecule has 0 bridgehead atoms. The van der Waals surface area contributed by atoms with Crippen molar-refractivity contribution < 1.29 is 23.1 Å². The monoisotopic (exact) mass is 782 g/mol. The number of hydrogen-bond donors (Lipinski definition) is 0. The molecule has 300 valence electrons. The van der Waals surface area contributed by atoms with Crippen molar-refractivity contribution in [2.24, 2.45) is 0 Å². The van der Waals surface area contributed by atoms with Crippen LogP contribution in [0.15, 0.2) is 72.8 Å². The van der Waals surface area contributed by atoms with Gasteiger partial charge in [0.05, 0.1) is 26.4 Å². The van der Waals surface area contributed by atoms with E-state index < -0.39 is 18.1 Å². The lowest BCUT2D eigenvalue weighted by Gasteiger charge is -2.27. The molecular formula is C48H70O5Si2. The molecule has 0 fully saturated rings. The fourth-order valence-corrected chi connectivity index (χ4v) is 13.7. The van der Waals surface area contributed by atoms with E-state index in [1.54, 1.807) is 0 Å². The molecule has 7 heteroatoms. The maximum Gasteiger partial charge on any atom is 0.228 e. The van der Waals surface area contributed by atoms with Crippen LogP contribution in [0.3, 0.4) is 0 Å². The average Bonchev–Trinajstić information content (AvgIpc) is 3.22. The van der Waals surface area contributed by atoms with Crippen LogP contribution >= 0.6 is 0 Å². The molecule has 0 amide bonds. The number of aryl methyl sites for hydroxylation is 4. The number of hydrogen-bond acceptors (Lipinski definition) is 5. The zero-order chi connectivity index (χ0) is 39.4. The van der Waals surface area contributed by atoms with Gasteiger partial charge in [-0.2, -0.15) is 0 Å². The topological polar surface area (TPSA) is 46.2 Å². The molecule has 0 unspecified atom stereocenters. The lowest BCUT2D eigenvalue weighted by atomic mass is 10.1. The van der Waals surface area contributed by atoms with Crippen LogP contribution in [0.1, 0.15) is 129 Å². The van der Waals surface area contributed by atoms with Crippen molar-refractivity contribution in [3.8, 4) is 23.0 Å². The Balaban J connectivity index is 1.89. The predicted molar refractivity (Wildman–Crippen MR) is 239 cm³/mol. The van der Waals surface area contributed by atoms with E-state index in [0.717, 1.165) is 126 Å². The van der Waals surface area contributed by atoms with Crippen LogP contribution in [0.5, 0.6) is 23.0 Å². The number of rotatable bonds is 26. The van der Waals surface area contributed by atoms with Crippen LogP contribution in [0.2, 0.25) is 0 Å². The number of ether oxygens (including phenoxy) is 4. The van der Waals surface area contributed by atoms with Gasteiger partial charge in [-0.05, 0) is 119 Å². The Morgan fingerprint density at radius 3 is 0.782 bits per heavy atom. The van der Waals surface area contributed by atoms with Crippen molar-refractivity contribution in [1.29, 1.82) is 0 Å². The Hall–Kier alpha value is -3.53. The van der Waals surface area contributed by atoms with Gasteiger partial charge in [0, 0.05) is 0 Å². The third kappa shape index (κ3) is 12.7. The van der Waals surface area contributed by atoms with Crippen LogP contribution in [0.25, 0.3) is 0 Å². The molecular weight excluding hydrogens is 713 g/mol. The summed E-state index contributed by atoms with van der Waals surface area (Å²) in [5.74, 6) is 3.97. The first-order valence-electron chi connectivity index (χ1n) is 21.6. The highest BCUT2D eigenvalue weighted by Crippen LogP contribution is 2.24. The summed E-state index contributed by atoms with van der Waals surface area (Å²) in [6.45, 7) is 20.7. The van der Waals surface area contributed by atoms with E-state index in [4.69, 9.17) is 23.1 Å². The highest BCUT2D eigenvalue weighted by molar-refractivity contribution is 6.91. The van der Waals surface area contributed by atoms with Crippen LogP contribution in [-0.4, -0.2) is 44.5 Å². The summed E-state index contributed by atoms with van der Waals surface area (Å²) in [5, 5.41) is 5.13. The van der Waals surface area contributed by atoms with E-state index >= 15 is 0 Å². The van der Waals surface area contributed by atoms with Crippen LogP contribution in [0.4, 0.5) is 0 Å². The van der Waals surface area contributed by atoms with Crippen molar-refractivity contribution in [2.45, 2.75) is 132 Å². The average molecular weight is 783 g/mol. The van der Waals surface area contributed by atoms with Gasteiger partial charge >= 0.3 is 0 Å². The largest absolute Gasteiger partial charge is 0.493 e. The van der Waals surface area contributed by atoms with Crippen molar-refractivity contribution in [1.82, 2.24) is 0 Å². The van der Waals surface area contributed by atoms with Crippen molar-refractivity contribution >= 4 is 38.8 Å². The first-order valence-corrected chi connectivity index (χ1v) is 24.9. The predicted octanol–water partition coefficient (Wildman–Crippen LogP) is 9.04. The number of benzene rings is 4. The number of unbranched alkanes of at least 4 members (excludes halogenated alkanes) is 4. The minimum atomic E-state index is -2.27. The maximum atomic E-state index is 7.86. The van der Waals surface area contributed by atoms with Gasteiger partial charge < -0.3 is 23.1 Å². The Kier molecular flexibility index (Phi) is 19.4. The normalized spacial score (nSPS) is 11.4. The van der Waals surface area contributed by atoms with Gasteiger partial charge in [0.2, 0.25) is 18.1 Å². The molecule has 0 spiro atoms. The molecule has 0 saturated carbocycles. The van der Waals surface area contributed by atoms with E-state index in [2.05, 4.69) is 128 Å². The second kappa shape index (κ2) is 24.2. The first-order chi connectivity index (χ1) is 26.9. The Labute approximate surface area is 337 Å². The van der Waals surface area contributed by atoms with E-state index in [1.807, 2.05) is 0 Å². The fraction of sp³-hybridized carbons (Fsp3) is 0.500. The summed E-state index contributed by atoms with van der Waals surface area (Å²) in [7, 11) is -4.54. The second-order valence-electron chi connectivity index (χ2n) is 14.6. The summed E-state index contributed by atoms with van der Waals surface area (Å²) in [6, 6.07) is 27.4. The zero-order valence-corrected chi connectivity index (χ0v) is 37.7. The molecule has 0 N–H and O–H groups in total. The van der Waals surface area contributed by atoms with E-state index in [0.29, 0.717) is 0 Å². The quantitative estimate of drug-likeness (QED) is 0.0470. The summed E-state index contributed by atoms with van der Waals surface area (Å²) in [4.78, 5) is 0. The molecule has 0 aliphatic carbocycles. The van der Waals surface area contributed by atoms with Crippen molar-refractivity contribution in [3.63, 3.8) is 0 Å². The smallest absolute Gasteiger partial charge is 0.228 e. The van der Waals surface area contributed by atoms with Gasteiger partial charge in [0.25, 0.3) is 0 Å². The molecule has 0 atom stereocenters. The van der Waals surface area contributed by atoms with Crippen LogP contribution < -0.4 is 39.7 Å². The third-order valence-electron chi connectivity index (χ3n) is 10.4. The third-order valence-corrected chi connectivity index (χ3v) is 16.4. The molecule has 0 radical (unpaired) electrons. The van der Waals surface area contributed by atoms with Gasteiger partial charge in [0.15, 0.2) is 0 Å². The van der Waals surface area contributed by atoms with E-state index in [1.165, 1.54) is 43.0 Å².